The molecule has 0 aliphatic rings. The maximum atomic E-state index is 11.9. The second-order valence-electron chi connectivity index (χ2n) is 3.66. The number of hydrogen-bond acceptors (Lipinski definition) is 5. The molecule has 0 aliphatic heterocycles. The summed E-state index contributed by atoms with van der Waals surface area (Å²) in [4.78, 5) is 12.6. The highest BCUT2D eigenvalue weighted by atomic mass is 32.1. The molecule has 2 aromatic heterocycles. The first-order chi connectivity index (χ1) is 8.83. The summed E-state index contributed by atoms with van der Waals surface area (Å²) in [6.07, 6.45) is 0. The Labute approximate surface area is 106 Å². The fourth-order valence-electron chi connectivity index (χ4n) is 1.60. The van der Waals surface area contributed by atoms with Crippen LogP contribution in [0.5, 0.6) is 0 Å². The predicted molar refractivity (Wildman–Crippen MR) is 67.2 cm³/mol. The van der Waals surface area contributed by atoms with E-state index in [4.69, 9.17) is 0 Å². The third-order valence-corrected chi connectivity index (χ3v) is 3.56. The lowest BCUT2D eigenvalue weighted by atomic mass is 10.2. The summed E-state index contributed by atoms with van der Waals surface area (Å²) in [7, 11) is 0. The lowest BCUT2D eigenvalue weighted by Gasteiger charge is -1.98. The largest absolute Gasteiger partial charge is 0.344 e. The molecule has 0 unspecified atom stereocenters. The molecule has 0 aliphatic carbocycles. The number of thiophene rings is 1. The van der Waals surface area contributed by atoms with E-state index in [-0.39, 0.29) is 12.5 Å². The molecule has 1 aromatic carbocycles. The van der Waals surface area contributed by atoms with Crippen molar-refractivity contribution in [3.8, 4) is 0 Å². The number of hydrogen-bond donors (Lipinski definition) is 2. The maximum Gasteiger partial charge on any atom is 0.261 e. The van der Waals surface area contributed by atoms with Gasteiger partial charge in [-0.05, 0) is 17.5 Å². The number of fused-ring (bicyclic) bond motifs is 1. The van der Waals surface area contributed by atoms with Crippen molar-refractivity contribution in [2.75, 3.05) is 0 Å². The van der Waals surface area contributed by atoms with Crippen molar-refractivity contribution in [1.82, 2.24) is 25.9 Å². The summed E-state index contributed by atoms with van der Waals surface area (Å²) in [6, 6.07) is 9.78. The fourth-order valence-corrected chi connectivity index (χ4v) is 2.58. The van der Waals surface area contributed by atoms with Gasteiger partial charge in [-0.3, -0.25) is 4.79 Å². The standard InChI is InChI=1S/C11H9N5OS/c17-11(12-6-10-13-15-16-14-10)9-5-7-3-1-2-4-8(7)18-9/h1-5H,6H2,(H,12,17)(H,13,14,15,16). The number of carbonyl (C=O) groups excluding carboxylic acids is 1. The van der Waals surface area contributed by atoms with E-state index in [9.17, 15) is 4.79 Å². The van der Waals surface area contributed by atoms with Crippen LogP contribution in [0.1, 0.15) is 15.5 Å². The van der Waals surface area contributed by atoms with Crippen LogP contribution in [0.2, 0.25) is 0 Å². The summed E-state index contributed by atoms with van der Waals surface area (Å²) in [5.74, 6) is 0.338. The molecule has 0 saturated heterocycles. The first kappa shape index (κ1) is 10.8. The quantitative estimate of drug-likeness (QED) is 0.743. The Morgan fingerprint density at radius 2 is 2.28 bits per heavy atom. The predicted octanol–water partition coefficient (Wildman–Crippen LogP) is 1.34. The highest BCUT2D eigenvalue weighted by Gasteiger charge is 2.10. The molecule has 2 N–H and O–H groups in total. The maximum absolute atomic E-state index is 11.9. The zero-order valence-electron chi connectivity index (χ0n) is 9.25. The van der Waals surface area contributed by atoms with E-state index in [1.54, 1.807) is 0 Å². The molecule has 0 radical (unpaired) electrons. The van der Waals surface area contributed by atoms with Gasteiger partial charge in [-0.1, -0.05) is 23.4 Å². The van der Waals surface area contributed by atoms with Crippen molar-refractivity contribution in [2.45, 2.75) is 6.54 Å². The minimum atomic E-state index is -0.124. The van der Waals surface area contributed by atoms with E-state index in [1.807, 2.05) is 30.3 Å². The summed E-state index contributed by atoms with van der Waals surface area (Å²) in [6.45, 7) is 0.267. The van der Waals surface area contributed by atoms with Crippen LogP contribution in [0, 0.1) is 0 Å². The summed E-state index contributed by atoms with van der Waals surface area (Å²) < 4.78 is 1.10. The average Bonchev–Trinajstić information content (AvgIpc) is 3.04. The number of nitrogens with zero attached hydrogens (tertiary/aromatic N) is 3. The number of nitrogens with one attached hydrogen (secondary N) is 2. The molecule has 0 atom stereocenters. The molecule has 2 heterocycles. The van der Waals surface area contributed by atoms with Crippen molar-refractivity contribution < 1.29 is 4.79 Å². The molecule has 1 amide bonds. The second-order valence-corrected chi connectivity index (χ2v) is 4.74. The molecule has 18 heavy (non-hydrogen) atoms. The third-order valence-electron chi connectivity index (χ3n) is 2.45. The Balaban J connectivity index is 1.75. The molecule has 3 rings (SSSR count). The van der Waals surface area contributed by atoms with Crippen LogP contribution in [-0.2, 0) is 6.54 Å². The Morgan fingerprint density at radius 1 is 1.39 bits per heavy atom. The van der Waals surface area contributed by atoms with E-state index < -0.39 is 0 Å². The Bertz CT molecular complexity index is 643. The zero-order chi connectivity index (χ0) is 12.4. The van der Waals surface area contributed by atoms with Gasteiger partial charge in [-0.25, -0.2) is 0 Å². The van der Waals surface area contributed by atoms with Gasteiger partial charge in [0, 0.05) is 4.70 Å². The lowest BCUT2D eigenvalue weighted by Crippen LogP contribution is -2.22. The summed E-state index contributed by atoms with van der Waals surface area (Å²) in [5.41, 5.74) is 0. The number of aromatic amines is 1. The van der Waals surface area contributed by atoms with E-state index >= 15 is 0 Å². The van der Waals surface area contributed by atoms with Crippen LogP contribution in [0.3, 0.4) is 0 Å². The molecule has 3 aromatic rings. The number of rotatable bonds is 3. The molecule has 0 bridgehead atoms. The van der Waals surface area contributed by atoms with Crippen LogP contribution in [0.25, 0.3) is 10.1 Å². The van der Waals surface area contributed by atoms with E-state index in [2.05, 4.69) is 25.9 Å². The van der Waals surface area contributed by atoms with Gasteiger partial charge < -0.3 is 5.32 Å². The van der Waals surface area contributed by atoms with Gasteiger partial charge in [-0.2, -0.15) is 5.21 Å². The highest BCUT2D eigenvalue weighted by Crippen LogP contribution is 2.24. The van der Waals surface area contributed by atoms with E-state index in [0.29, 0.717) is 10.7 Å². The number of carbonyl (C=O) groups is 1. The minimum Gasteiger partial charge on any atom is -0.344 e. The van der Waals surface area contributed by atoms with Crippen LogP contribution in [0.4, 0.5) is 0 Å². The third kappa shape index (κ3) is 2.07. The number of aromatic nitrogens is 4. The molecular formula is C11H9N5OS. The van der Waals surface area contributed by atoms with Crippen molar-refractivity contribution in [3.05, 3.63) is 41.0 Å². The summed E-state index contributed by atoms with van der Waals surface area (Å²) in [5, 5.41) is 17.1. The number of tetrazole rings is 1. The van der Waals surface area contributed by atoms with Crippen LogP contribution < -0.4 is 5.32 Å². The Hall–Kier alpha value is -2.28. The zero-order valence-corrected chi connectivity index (χ0v) is 10.1. The van der Waals surface area contributed by atoms with Gasteiger partial charge in [0.25, 0.3) is 5.91 Å². The lowest BCUT2D eigenvalue weighted by molar-refractivity contribution is 0.0954. The molecule has 0 fully saturated rings. The van der Waals surface area contributed by atoms with Gasteiger partial charge in [-0.15, -0.1) is 21.5 Å². The highest BCUT2D eigenvalue weighted by molar-refractivity contribution is 7.20. The molecule has 0 saturated carbocycles. The van der Waals surface area contributed by atoms with Crippen LogP contribution in [-0.4, -0.2) is 26.5 Å². The van der Waals surface area contributed by atoms with Gasteiger partial charge in [0.05, 0.1) is 11.4 Å². The molecular weight excluding hydrogens is 250 g/mol. The SMILES string of the molecule is O=C(NCc1nn[nH]n1)c1cc2ccccc2s1. The van der Waals surface area contributed by atoms with E-state index in [0.717, 1.165) is 10.1 Å². The molecule has 0 spiro atoms. The number of H-pyrrole nitrogens is 1. The normalized spacial score (nSPS) is 10.7. The first-order valence-electron chi connectivity index (χ1n) is 5.32. The van der Waals surface area contributed by atoms with Gasteiger partial charge in [0.15, 0.2) is 5.82 Å². The summed E-state index contributed by atoms with van der Waals surface area (Å²) >= 11 is 1.47. The van der Waals surface area contributed by atoms with Crippen LogP contribution in [0.15, 0.2) is 30.3 Å². The Kier molecular flexibility index (Phi) is 2.73. The molecule has 90 valence electrons. The number of amides is 1. The minimum absolute atomic E-state index is 0.124. The van der Waals surface area contributed by atoms with Crippen molar-refractivity contribution >= 4 is 27.3 Å². The van der Waals surface area contributed by atoms with Gasteiger partial charge in [0.2, 0.25) is 0 Å². The average molecular weight is 259 g/mol. The monoisotopic (exact) mass is 259 g/mol. The molecule has 7 heteroatoms. The smallest absolute Gasteiger partial charge is 0.261 e. The van der Waals surface area contributed by atoms with Crippen LogP contribution >= 0.6 is 11.3 Å². The first-order valence-corrected chi connectivity index (χ1v) is 6.14. The van der Waals surface area contributed by atoms with Crippen molar-refractivity contribution in [1.29, 1.82) is 0 Å². The molecule has 6 nitrogen and oxygen atoms in total. The van der Waals surface area contributed by atoms with Gasteiger partial charge in [0.1, 0.15) is 0 Å². The van der Waals surface area contributed by atoms with Crippen molar-refractivity contribution in [3.63, 3.8) is 0 Å². The fraction of sp³-hybridized carbons (Fsp3) is 0.0909. The van der Waals surface area contributed by atoms with E-state index in [1.165, 1.54) is 11.3 Å². The van der Waals surface area contributed by atoms with Crippen molar-refractivity contribution in [2.24, 2.45) is 0 Å². The Morgan fingerprint density at radius 3 is 3.06 bits per heavy atom. The number of benzene rings is 1. The topological polar surface area (TPSA) is 83.6 Å². The van der Waals surface area contributed by atoms with Gasteiger partial charge >= 0.3 is 0 Å². The second kappa shape index (κ2) is 4.53.